The molecule has 0 saturated heterocycles. The predicted octanol–water partition coefficient (Wildman–Crippen LogP) is 2.10. The monoisotopic (exact) mass is 284 g/mol. The minimum Gasteiger partial charge on any atom is -0.396 e. The van der Waals surface area contributed by atoms with Crippen molar-refractivity contribution in [1.29, 1.82) is 0 Å². The number of tetrazole rings is 1. The van der Waals surface area contributed by atoms with Crippen molar-refractivity contribution >= 4 is 17.4 Å². The predicted molar refractivity (Wildman–Crippen MR) is 76.7 cm³/mol. The summed E-state index contributed by atoms with van der Waals surface area (Å²) in [6.07, 6.45) is 1.73. The molecule has 0 spiro atoms. The standard InChI is InChI=1S/C13H12N6S/c1-9-7-8-15-12(11(9)14)20-13-16-17-18-19(13)10-5-3-2-4-6-10/h2-8H,14H2,1H3. The molecule has 1 aromatic carbocycles. The number of nitrogens with zero attached hydrogens (tertiary/aromatic N) is 5. The highest BCUT2D eigenvalue weighted by molar-refractivity contribution is 7.99. The first-order chi connectivity index (χ1) is 9.75. The van der Waals surface area contributed by atoms with Crippen LogP contribution in [0.5, 0.6) is 0 Å². The van der Waals surface area contributed by atoms with Gasteiger partial charge in [0.2, 0.25) is 5.16 Å². The molecule has 0 unspecified atom stereocenters. The highest BCUT2D eigenvalue weighted by Gasteiger charge is 2.13. The van der Waals surface area contributed by atoms with Crippen molar-refractivity contribution in [2.45, 2.75) is 17.1 Å². The fraction of sp³-hybridized carbons (Fsp3) is 0.0769. The molecule has 0 radical (unpaired) electrons. The van der Waals surface area contributed by atoms with Crippen molar-refractivity contribution in [3.8, 4) is 5.69 Å². The summed E-state index contributed by atoms with van der Waals surface area (Å²) in [5, 5.41) is 13.1. The summed E-state index contributed by atoms with van der Waals surface area (Å²) in [6, 6.07) is 11.6. The molecule has 7 heteroatoms. The summed E-state index contributed by atoms with van der Waals surface area (Å²) in [6.45, 7) is 1.95. The maximum Gasteiger partial charge on any atom is 0.220 e. The fourth-order valence-electron chi connectivity index (χ4n) is 1.69. The number of anilines is 1. The van der Waals surface area contributed by atoms with Crippen LogP contribution in [0.2, 0.25) is 0 Å². The van der Waals surface area contributed by atoms with Gasteiger partial charge in [0.05, 0.1) is 11.4 Å². The normalized spacial score (nSPS) is 10.7. The van der Waals surface area contributed by atoms with E-state index in [1.54, 1.807) is 10.9 Å². The third-order valence-corrected chi connectivity index (χ3v) is 3.76. The van der Waals surface area contributed by atoms with E-state index in [-0.39, 0.29) is 0 Å². The number of aromatic nitrogens is 5. The lowest BCUT2D eigenvalue weighted by Gasteiger charge is -2.06. The molecule has 20 heavy (non-hydrogen) atoms. The van der Waals surface area contributed by atoms with E-state index in [4.69, 9.17) is 5.73 Å². The van der Waals surface area contributed by atoms with E-state index in [1.807, 2.05) is 43.3 Å². The van der Waals surface area contributed by atoms with Gasteiger partial charge in [-0.2, -0.15) is 4.68 Å². The summed E-state index contributed by atoms with van der Waals surface area (Å²) in [5.74, 6) is 0. The van der Waals surface area contributed by atoms with E-state index in [9.17, 15) is 0 Å². The maximum atomic E-state index is 6.03. The molecule has 2 aromatic heterocycles. The third kappa shape index (κ3) is 2.35. The summed E-state index contributed by atoms with van der Waals surface area (Å²) in [4.78, 5) is 4.28. The van der Waals surface area contributed by atoms with Crippen LogP contribution in [0.1, 0.15) is 5.56 Å². The minimum atomic E-state index is 0.626. The summed E-state index contributed by atoms with van der Waals surface area (Å²) in [5.41, 5.74) is 8.56. The largest absolute Gasteiger partial charge is 0.396 e. The van der Waals surface area contributed by atoms with Crippen LogP contribution in [0.3, 0.4) is 0 Å². The zero-order valence-electron chi connectivity index (χ0n) is 10.8. The average Bonchev–Trinajstić information content (AvgIpc) is 2.93. The molecule has 3 rings (SSSR count). The molecule has 0 saturated carbocycles. The second-order valence-corrected chi connectivity index (χ2v) is 5.11. The highest BCUT2D eigenvalue weighted by atomic mass is 32.2. The Labute approximate surface area is 120 Å². The lowest BCUT2D eigenvalue weighted by Crippen LogP contribution is -2.00. The van der Waals surface area contributed by atoms with Crippen LogP contribution in [0.25, 0.3) is 5.69 Å². The molecule has 100 valence electrons. The summed E-state index contributed by atoms with van der Waals surface area (Å²) in [7, 11) is 0. The van der Waals surface area contributed by atoms with E-state index in [2.05, 4.69) is 20.5 Å². The smallest absolute Gasteiger partial charge is 0.220 e. The summed E-state index contributed by atoms with van der Waals surface area (Å²) >= 11 is 1.35. The Morgan fingerprint density at radius 3 is 2.75 bits per heavy atom. The number of aryl methyl sites for hydroxylation is 1. The Morgan fingerprint density at radius 1 is 1.15 bits per heavy atom. The Bertz CT molecular complexity index is 725. The Balaban J connectivity index is 1.97. The second-order valence-electron chi connectivity index (χ2n) is 4.16. The van der Waals surface area contributed by atoms with Crippen molar-refractivity contribution < 1.29 is 0 Å². The molecule has 0 aliphatic rings. The maximum absolute atomic E-state index is 6.03. The van der Waals surface area contributed by atoms with E-state index in [1.165, 1.54) is 11.8 Å². The first-order valence-electron chi connectivity index (χ1n) is 5.98. The number of hydrogen-bond donors (Lipinski definition) is 1. The number of rotatable bonds is 3. The first kappa shape index (κ1) is 12.6. The molecular weight excluding hydrogens is 272 g/mol. The fourth-order valence-corrected chi connectivity index (χ4v) is 2.55. The SMILES string of the molecule is Cc1ccnc(Sc2nnnn2-c2ccccc2)c1N. The van der Waals surface area contributed by atoms with Gasteiger partial charge in [-0.15, -0.1) is 5.10 Å². The van der Waals surface area contributed by atoms with Crippen LogP contribution < -0.4 is 5.73 Å². The molecule has 6 nitrogen and oxygen atoms in total. The van der Waals surface area contributed by atoms with Gasteiger partial charge in [-0.25, -0.2) is 4.98 Å². The topological polar surface area (TPSA) is 82.5 Å². The van der Waals surface area contributed by atoms with Crippen LogP contribution in [0, 0.1) is 6.92 Å². The van der Waals surface area contributed by atoms with Gasteiger partial charge in [0.1, 0.15) is 5.03 Å². The van der Waals surface area contributed by atoms with Gasteiger partial charge in [-0.3, -0.25) is 0 Å². The van der Waals surface area contributed by atoms with Gasteiger partial charge in [0.15, 0.2) is 0 Å². The van der Waals surface area contributed by atoms with Crippen molar-refractivity contribution in [2.75, 3.05) is 5.73 Å². The number of hydrogen-bond acceptors (Lipinski definition) is 6. The Kier molecular flexibility index (Phi) is 3.34. The molecule has 0 amide bonds. The van der Waals surface area contributed by atoms with Crippen LogP contribution >= 0.6 is 11.8 Å². The van der Waals surface area contributed by atoms with Crippen molar-refractivity contribution in [3.05, 3.63) is 48.2 Å². The molecule has 0 aliphatic carbocycles. The zero-order chi connectivity index (χ0) is 13.9. The molecule has 0 bridgehead atoms. The lowest BCUT2D eigenvalue weighted by molar-refractivity contribution is 0.756. The zero-order valence-corrected chi connectivity index (χ0v) is 11.6. The highest BCUT2D eigenvalue weighted by Crippen LogP contribution is 2.30. The molecule has 0 fully saturated rings. The van der Waals surface area contributed by atoms with Gasteiger partial charge in [-0.05, 0) is 52.9 Å². The van der Waals surface area contributed by atoms with E-state index in [0.29, 0.717) is 15.9 Å². The third-order valence-electron chi connectivity index (χ3n) is 2.80. The number of nitrogens with two attached hydrogens (primary N) is 1. The second kappa shape index (κ2) is 5.30. The molecule has 0 atom stereocenters. The molecule has 2 N–H and O–H groups in total. The molecule has 0 aliphatic heterocycles. The minimum absolute atomic E-state index is 0.626. The van der Waals surface area contributed by atoms with E-state index < -0.39 is 0 Å². The van der Waals surface area contributed by atoms with Gasteiger partial charge in [0, 0.05) is 6.20 Å². The van der Waals surface area contributed by atoms with Crippen LogP contribution in [-0.4, -0.2) is 25.2 Å². The number of para-hydroxylation sites is 1. The molecule has 3 aromatic rings. The first-order valence-corrected chi connectivity index (χ1v) is 6.80. The van der Waals surface area contributed by atoms with Gasteiger partial charge in [-0.1, -0.05) is 18.2 Å². The number of nitrogen functional groups attached to an aromatic ring is 1. The van der Waals surface area contributed by atoms with Gasteiger partial charge >= 0.3 is 0 Å². The molecule has 2 heterocycles. The van der Waals surface area contributed by atoms with Gasteiger partial charge < -0.3 is 5.73 Å². The number of benzene rings is 1. The average molecular weight is 284 g/mol. The van der Waals surface area contributed by atoms with Crippen molar-refractivity contribution in [2.24, 2.45) is 0 Å². The van der Waals surface area contributed by atoms with Crippen LogP contribution in [0.15, 0.2) is 52.8 Å². The summed E-state index contributed by atoms with van der Waals surface area (Å²) < 4.78 is 1.66. The lowest BCUT2D eigenvalue weighted by atomic mass is 10.3. The van der Waals surface area contributed by atoms with Crippen molar-refractivity contribution in [3.63, 3.8) is 0 Å². The molecular formula is C13H12N6S. The Hall–Kier alpha value is -2.41. The van der Waals surface area contributed by atoms with Crippen LogP contribution in [-0.2, 0) is 0 Å². The van der Waals surface area contributed by atoms with E-state index >= 15 is 0 Å². The van der Waals surface area contributed by atoms with E-state index in [0.717, 1.165) is 11.3 Å². The van der Waals surface area contributed by atoms with Crippen molar-refractivity contribution in [1.82, 2.24) is 25.2 Å². The Morgan fingerprint density at radius 2 is 1.95 bits per heavy atom. The number of pyridine rings is 1. The van der Waals surface area contributed by atoms with Gasteiger partial charge in [0.25, 0.3) is 0 Å². The van der Waals surface area contributed by atoms with Crippen LogP contribution in [0.4, 0.5) is 5.69 Å². The quantitative estimate of drug-likeness (QED) is 0.793.